The van der Waals surface area contributed by atoms with E-state index in [4.69, 9.17) is 9.15 Å². The third-order valence-corrected chi connectivity index (χ3v) is 6.47. The fourth-order valence-corrected chi connectivity index (χ4v) is 4.32. The SMILES string of the molecule is Cc1cccc(NC(=O)N(CCN2CCOCC2)CC(=O)N(CCc2ccccc2)Cc2ccco2)c1. The Morgan fingerprint density at radius 3 is 2.49 bits per heavy atom. The van der Waals surface area contributed by atoms with Crippen molar-refractivity contribution in [2.45, 2.75) is 19.9 Å². The topological polar surface area (TPSA) is 78.3 Å². The largest absolute Gasteiger partial charge is 0.467 e. The lowest BCUT2D eigenvalue weighted by atomic mass is 10.1. The molecule has 0 spiro atoms. The average molecular weight is 505 g/mol. The van der Waals surface area contributed by atoms with Gasteiger partial charge in [-0.1, -0.05) is 42.5 Å². The number of amides is 3. The van der Waals surface area contributed by atoms with E-state index in [-0.39, 0.29) is 18.5 Å². The molecule has 0 bridgehead atoms. The molecule has 0 unspecified atom stereocenters. The molecule has 1 saturated heterocycles. The molecule has 1 aliphatic heterocycles. The number of hydrogen-bond donors (Lipinski definition) is 1. The Hall–Kier alpha value is -3.62. The van der Waals surface area contributed by atoms with Gasteiger partial charge in [0.1, 0.15) is 12.3 Å². The van der Waals surface area contributed by atoms with Gasteiger partial charge in [0.2, 0.25) is 5.91 Å². The second kappa shape index (κ2) is 13.6. The molecule has 0 saturated carbocycles. The van der Waals surface area contributed by atoms with Crippen LogP contribution in [0.4, 0.5) is 10.5 Å². The summed E-state index contributed by atoms with van der Waals surface area (Å²) in [7, 11) is 0. The zero-order chi connectivity index (χ0) is 25.9. The number of ether oxygens (including phenoxy) is 1. The van der Waals surface area contributed by atoms with Crippen LogP contribution < -0.4 is 5.32 Å². The van der Waals surface area contributed by atoms with E-state index in [1.165, 1.54) is 0 Å². The number of nitrogens with zero attached hydrogens (tertiary/aromatic N) is 3. The number of carbonyl (C=O) groups is 2. The zero-order valence-electron chi connectivity index (χ0n) is 21.5. The van der Waals surface area contributed by atoms with Crippen LogP contribution in [0.15, 0.2) is 77.4 Å². The van der Waals surface area contributed by atoms with Crippen LogP contribution >= 0.6 is 0 Å². The Kier molecular flexibility index (Phi) is 9.74. The van der Waals surface area contributed by atoms with Crippen molar-refractivity contribution in [3.63, 3.8) is 0 Å². The van der Waals surface area contributed by atoms with Crippen molar-refractivity contribution in [3.8, 4) is 0 Å². The number of nitrogens with one attached hydrogen (secondary N) is 1. The van der Waals surface area contributed by atoms with Crippen molar-refractivity contribution in [2.24, 2.45) is 0 Å². The minimum atomic E-state index is -0.284. The fourth-order valence-electron chi connectivity index (χ4n) is 4.32. The number of aryl methyl sites for hydroxylation is 1. The number of hydrogen-bond acceptors (Lipinski definition) is 5. The van der Waals surface area contributed by atoms with E-state index >= 15 is 0 Å². The first-order chi connectivity index (χ1) is 18.1. The quantitative estimate of drug-likeness (QED) is 0.427. The molecule has 0 aliphatic carbocycles. The average Bonchev–Trinajstić information content (AvgIpc) is 3.43. The first kappa shape index (κ1) is 26.4. The van der Waals surface area contributed by atoms with E-state index in [2.05, 4.69) is 22.3 Å². The van der Waals surface area contributed by atoms with Crippen LogP contribution in [0.2, 0.25) is 0 Å². The number of anilines is 1. The lowest BCUT2D eigenvalue weighted by Gasteiger charge is -2.31. The maximum Gasteiger partial charge on any atom is 0.322 e. The normalized spacial score (nSPS) is 13.8. The van der Waals surface area contributed by atoms with Crippen molar-refractivity contribution < 1.29 is 18.7 Å². The molecule has 2 aromatic carbocycles. The predicted octanol–water partition coefficient (Wildman–Crippen LogP) is 4.03. The Morgan fingerprint density at radius 1 is 0.946 bits per heavy atom. The minimum absolute atomic E-state index is 0.0164. The summed E-state index contributed by atoms with van der Waals surface area (Å²) in [4.78, 5) is 32.6. The van der Waals surface area contributed by atoms with Crippen LogP contribution in [-0.2, 0) is 22.5 Å². The number of rotatable bonds is 11. The van der Waals surface area contributed by atoms with E-state index in [1.54, 1.807) is 16.1 Å². The van der Waals surface area contributed by atoms with Crippen LogP contribution in [0.1, 0.15) is 16.9 Å². The van der Waals surface area contributed by atoms with Gasteiger partial charge in [0, 0.05) is 38.4 Å². The molecule has 1 fully saturated rings. The lowest BCUT2D eigenvalue weighted by molar-refractivity contribution is -0.132. The molecule has 37 heavy (non-hydrogen) atoms. The minimum Gasteiger partial charge on any atom is -0.467 e. The predicted molar refractivity (Wildman–Crippen MR) is 143 cm³/mol. The summed E-state index contributed by atoms with van der Waals surface area (Å²) in [5, 5.41) is 2.97. The van der Waals surface area contributed by atoms with Gasteiger partial charge in [-0.3, -0.25) is 9.69 Å². The van der Waals surface area contributed by atoms with Crippen molar-refractivity contribution >= 4 is 17.6 Å². The molecule has 0 radical (unpaired) electrons. The van der Waals surface area contributed by atoms with Gasteiger partial charge in [-0.2, -0.15) is 0 Å². The van der Waals surface area contributed by atoms with Crippen LogP contribution in [0.5, 0.6) is 0 Å². The monoisotopic (exact) mass is 504 g/mol. The van der Waals surface area contributed by atoms with Crippen LogP contribution in [0.25, 0.3) is 0 Å². The maximum atomic E-state index is 13.6. The smallest absolute Gasteiger partial charge is 0.322 e. The maximum absolute atomic E-state index is 13.6. The Morgan fingerprint density at radius 2 is 1.76 bits per heavy atom. The molecule has 1 N–H and O–H groups in total. The summed E-state index contributed by atoms with van der Waals surface area (Å²) in [6.45, 7) is 6.99. The molecule has 8 nitrogen and oxygen atoms in total. The second-order valence-corrected chi connectivity index (χ2v) is 9.31. The van der Waals surface area contributed by atoms with Gasteiger partial charge in [-0.25, -0.2) is 4.79 Å². The summed E-state index contributed by atoms with van der Waals surface area (Å²) < 4.78 is 11.0. The highest BCUT2D eigenvalue weighted by Gasteiger charge is 2.23. The number of furan rings is 1. The van der Waals surface area contributed by atoms with Crippen molar-refractivity contribution in [1.29, 1.82) is 0 Å². The number of benzene rings is 2. The van der Waals surface area contributed by atoms with Crippen LogP contribution in [0, 0.1) is 6.92 Å². The molecule has 1 aromatic heterocycles. The summed E-state index contributed by atoms with van der Waals surface area (Å²) in [6, 6.07) is 21.1. The van der Waals surface area contributed by atoms with Gasteiger partial charge >= 0.3 is 6.03 Å². The highest BCUT2D eigenvalue weighted by Crippen LogP contribution is 2.13. The van der Waals surface area contributed by atoms with Gasteiger partial charge in [-0.15, -0.1) is 0 Å². The van der Waals surface area contributed by atoms with E-state index in [9.17, 15) is 9.59 Å². The number of morpholine rings is 1. The first-order valence-electron chi connectivity index (χ1n) is 12.8. The molecule has 8 heteroatoms. The van der Waals surface area contributed by atoms with Gasteiger partial charge in [0.25, 0.3) is 0 Å². The first-order valence-corrected chi connectivity index (χ1v) is 12.8. The van der Waals surface area contributed by atoms with Crippen molar-refractivity contribution in [1.82, 2.24) is 14.7 Å². The Bertz CT molecular complexity index is 1110. The molecule has 2 heterocycles. The summed E-state index contributed by atoms with van der Waals surface area (Å²) in [5.74, 6) is 0.596. The van der Waals surface area contributed by atoms with Gasteiger partial charge in [0.15, 0.2) is 0 Å². The Balaban J connectivity index is 1.45. The number of carbonyl (C=O) groups excluding carboxylic acids is 2. The molecule has 3 aromatic rings. The van der Waals surface area contributed by atoms with Crippen molar-refractivity contribution in [3.05, 3.63) is 89.9 Å². The van der Waals surface area contributed by atoms with E-state index in [0.717, 1.165) is 30.6 Å². The zero-order valence-corrected chi connectivity index (χ0v) is 21.5. The van der Waals surface area contributed by atoms with Crippen LogP contribution in [0.3, 0.4) is 0 Å². The summed E-state index contributed by atoms with van der Waals surface area (Å²) in [6.07, 6.45) is 2.33. The molecular weight excluding hydrogens is 468 g/mol. The van der Waals surface area contributed by atoms with Crippen molar-refractivity contribution in [2.75, 3.05) is 57.8 Å². The molecular formula is C29H36N4O4. The third-order valence-electron chi connectivity index (χ3n) is 6.47. The third kappa shape index (κ3) is 8.48. The summed E-state index contributed by atoms with van der Waals surface area (Å²) >= 11 is 0. The van der Waals surface area contributed by atoms with E-state index in [0.29, 0.717) is 50.8 Å². The summed E-state index contributed by atoms with van der Waals surface area (Å²) in [5.41, 5.74) is 2.92. The molecule has 0 atom stereocenters. The standard InChI is InChI=1S/C29H36N4O4/c1-24-7-5-10-26(21-24)30-29(35)33(15-14-31-16-19-36-20-17-31)23-28(34)32(22-27-11-6-18-37-27)13-12-25-8-3-2-4-9-25/h2-11,18,21H,12-17,19-20,22-23H2,1H3,(H,30,35). The fraction of sp³-hybridized carbons (Fsp3) is 0.379. The van der Waals surface area contributed by atoms with E-state index < -0.39 is 0 Å². The lowest BCUT2D eigenvalue weighted by Crippen LogP contribution is -2.48. The van der Waals surface area contributed by atoms with Gasteiger partial charge in [-0.05, 0) is 48.7 Å². The van der Waals surface area contributed by atoms with Gasteiger partial charge < -0.3 is 24.3 Å². The molecule has 3 amide bonds. The molecule has 196 valence electrons. The highest BCUT2D eigenvalue weighted by atomic mass is 16.5. The van der Waals surface area contributed by atoms with Gasteiger partial charge in [0.05, 0.1) is 26.0 Å². The molecule has 4 rings (SSSR count). The number of urea groups is 1. The molecule has 1 aliphatic rings. The van der Waals surface area contributed by atoms with Crippen LogP contribution in [-0.4, -0.2) is 79.1 Å². The Labute approximate surface area is 218 Å². The van der Waals surface area contributed by atoms with E-state index in [1.807, 2.05) is 61.5 Å². The highest BCUT2D eigenvalue weighted by molar-refractivity contribution is 5.92. The second-order valence-electron chi connectivity index (χ2n) is 9.31.